The Balaban J connectivity index is 3.24. The third kappa shape index (κ3) is 18.6. The van der Waals surface area contributed by atoms with Gasteiger partial charge in [-0.25, -0.2) is 4.79 Å². The predicted molar refractivity (Wildman–Crippen MR) is 108 cm³/mol. The third-order valence-corrected chi connectivity index (χ3v) is 7.11. The summed E-state index contributed by atoms with van der Waals surface area (Å²) in [5.41, 5.74) is 1.52. The molecule has 0 aliphatic heterocycles. The largest absolute Gasteiger partial charge is 0.438 e. The molecule has 1 amide bonds. The molecule has 1 atom stereocenters. The average Bonchev–Trinajstić information content (AvgIpc) is 2.56. The first kappa shape index (κ1) is 23.4. The molecule has 0 aromatic carbocycles. The minimum Gasteiger partial charge on any atom is -0.438 e. The van der Waals surface area contributed by atoms with Crippen molar-refractivity contribution in [1.29, 1.82) is 0 Å². The summed E-state index contributed by atoms with van der Waals surface area (Å²) in [5, 5.41) is 12.9. The number of hydrogen-bond donors (Lipinski definition) is 2. The minimum atomic E-state index is -0.920. The fraction of sp³-hybridized carbons (Fsp3) is 0.833. The van der Waals surface area contributed by atoms with Crippen LogP contribution in [0.5, 0.6) is 0 Å². The number of amides is 1. The van der Waals surface area contributed by atoms with Gasteiger partial charge in [0.1, 0.15) is 5.94 Å². The first-order valence-electron chi connectivity index (χ1n) is 6.90. The number of aliphatic hydroxyl groups is 1. The quantitative estimate of drug-likeness (QED) is 0.181. The van der Waals surface area contributed by atoms with Gasteiger partial charge >= 0.3 is 6.09 Å². The Hall–Kier alpha value is 0.450. The third-order valence-electron chi connectivity index (χ3n) is 2.06. The lowest BCUT2D eigenvalue weighted by atomic mass is 10.7. The molecule has 0 aliphatic carbocycles. The molecule has 0 aromatic rings. The van der Waals surface area contributed by atoms with Gasteiger partial charge in [-0.1, -0.05) is 6.92 Å². The number of carbonyl (C=O) groups excluding carboxylic acids is 1. The second kappa shape index (κ2) is 18.8. The van der Waals surface area contributed by atoms with E-state index in [1.807, 2.05) is 6.92 Å². The van der Waals surface area contributed by atoms with Crippen molar-refractivity contribution >= 4 is 69.5 Å². The lowest BCUT2D eigenvalue weighted by molar-refractivity contribution is 0.166. The fourth-order valence-electron chi connectivity index (χ4n) is 1.01. The topological polar surface area (TPSA) is 88.0 Å². The van der Waals surface area contributed by atoms with Crippen LogP contribution in [0.2, 0.25) is 0 Å². The smallest absolute Gasteiger partial charge is 0.407 e. The van der Waals surface area contributed by atoms with Crippen molar-refractivity contribution in [2.75, 3.05) is 52.4 Å². The summed E-state index contributed by atoms with van der Waals surface area (Å²) >= 11 is 6.34. The van der Waals surface area contributed by atoms with Crippen LogP contribution < -0.4 is 5.32 Å². The van der Waals surface area contributed by atoms with Crippen LogP contribution >= 0.6 is 47.0 Å². The molecule has 0 saturated carbocycles. The Morgan fingerprint density at radius 2 is 2.00 bits per heavy atom. The highest BCUT2D eigenvalue weighted by molar-refractivity contribution is 8.16. The molecule has 2 N–H and O–H groups in total. The average molecular weight is 421 g/mol. The van der Waals surface area contributed by atoms with Crippen molar-refractivity contribution in [3.63, 3.8) is 0 Å². The molecule has 136 valence electrons. The number of nitrogens with zero attached hydrogens (tertiary/aromatic N) is 1. The van der Waals surface area contributed by atoms with Gasteiger partial charge in [0.15, 0.2) is 0 Å². The Labute approximate surface area is 157 Å². The number of carbonyl (C=O) groups is 1. The molecule has 0 aromatic heterocycles. The Bertz CT molecular complexity index is 347. The van der Waals surface area contributed by atoms with Gasteiger partial charge in [-0.05, 0) is 0 Å². The van der Waals surface area contributed by atoms with Gasteiger partial charge < -0.3 is 15.2 Å². The Kier molecular flexibility index (Phi) is 19.2. The van der Waals surface area contributed by atoms with E-state index in [2.05, 4.69) is 10.3 Å². The zero-order chi connectivity index (χ0) is 17.2. The Morgan fingerprint density at radius 3 is 2.74 bits per heavy atom. The van der Waals surface area contributed by atoms with Crippen LogP contribution in [-0.4, -0.2) is 73.4 Å². The van der Waals surface area contributed by atoms with Gasteiger partial charge in [-0.2, -0.15) is 0 Å². The molecular weight excluding hydrogens is 396 g/mol. The van der Waals surface area contributed by atoms with Crippen LogP contribution in [0, 0.1) is 0 Å². The predicted octanol–water partition coefficient (Wildman–Crippen LogP) is 2.26. The van der Waals surface area contributed by atoms with Crippen molar-refractivity contribution in [2.24, 2.45) is 4.99 Å². The maximum absolute atomic E-state index is 11.3. The molecular formula is C12H24N2O4S5. The molecule has 0 heterocycles. The molecule has 23 heavy (non-hydrogen) atoms. The summed E-state index contributed by atoms with van der Waals surface area (Å²) < 4.78 is 16.0. The lowest BCUT2D eigenvalue weighted by Gasteiger charge is -2.06. The van der Waals surface area contributed by atoms with E-state index in [1.165, 1.54) is 29.1 Å². The van der Waals surface area contributed by atoms with Crippen LogP contribution in [0.25, 0.3) is 0 Å². The monoisotopic (exact) mass is 420 g/mol. The zero-order valence-electron chi connectivity index (χ0n) is 13.1. The number of aliphatic imine (C=N–C) groups is 1. The molecule has 0 radical (unpaired) electrons. The molecule has 11 heteroatoms. The number of alkyl carbamates (subject to hydrolysis) is 1. The van der Waals surface area contributed by atoms with Gasteiger partial charge in [0.2, 0.25) is 0 Å². The highest BCUT2D eigenvalue weighted by atomic mass is 32.2. The first-order chi connectivity index (χ1) is 11.2. The zero-order valence-corrected chi connectivity index (χ0v) is 17.2. The number of thioether (sulfide) groups is 4. The van der Waals surface area contributed by atoms with Gasteiger partial charge in [-0.3, -0.25) is 9.20 Å². The van der Waals surface area contributed by atoms with E-state index in [9.17, 15) is 9.00 Å². The molecule has 0 saturated heterocycles. The number of rotatable bonds is 15. The van der Waals surface area contributed by atoms with Gasteiger partial charge in [0, 0.05) is 40.5 Å². The summed E-state index contributed by atoms with van der Waals surface area (Å²) in [6.07, 6.45) is -0.405. The summed E-state index contributed by atoms with van der Waals surface area (Å²) in [6.45, 7) is 3.13. The van der Waals surface area contributed by atoms with Crippen molar-refractivity contribution in [3.05, 3.63) is 0 Å². The van der Waals surface area contributed by atoms with Crippen molar-refractivity contribution in [2.45, 2.75) is 6.92 Å². The normalized spacial score (nSPS) is 12.4. The molecule has 6 nitrogen and oxygen atoms in total. The summed E-state index contributed by atoms with van der Waals surface area (Å²) in [6, 6.07) is 0. The summed E-state index contributed by atoms with van der Waals surface area (Å²) in [4.78, 5) is 15.4. The molecule has 0 fully saturated rings. The van der Waals surface area contributed by atoms with Crippen molar-refractivity contribution < 1.29 is 18.8 Å². The van der Waals surface area contributed by atoms with Gasteiger partial charge in [-0.15, -0.1) is 47.0 Å². The van der Waals surface area contributed by atoms with Gasteiger partial charge in [0.05, 0.1) is 22.3 Å². The molecule has 0 spiro atoms. The first-order valence-corrected chi connectivity index (χ1v) is 12.9. The maximum atomic E-state index is 11.3. The molecule has 0 aliphatic rings. The highest BCUT2D eigenvalue weighted by Crippen LogP contribution is 2.11. The standard InChI is InChI=1S/C12H24N2O4S5/c1-2-23(17)7-13-3-5-19-10-20-6-4-14-12(16)18-9-22-11-21-8-15/h7,15H,2-6,8-11H2,1H3,(H,14,16). The van der Waals surface area contributed by atoms with E-state index in [4.69, 9.17) is 9.84 Å². The van der Waals surface area contributed by atoms with Crippen LogP contribution in [0.15, 0.2) is 4.99 Å². The van der Waals surface area contributed by atoms with Crippen LogP contribution in [-0.2, 0) is 15.5 Å². The van der Waals surface area contributed by atoms with Gasteiger partial charge in [0.25, 0.3) is 0 Å². The molecule has 0 rings (SSSR count). The van der Waals surface area contributed by atoms with E-state index in [-0.39, 0.29) is 5.94 Å². The second-order valence-electron chi connectivity index (χ2n) is 3.75. The van der Waals surface area contributed by atoms with Crippen LogP contribution in [0.3, 0.4) is 0 Å². The van der Waals surface area contributed by atoms with Crippen LogP contribution in [0.4, 0.5) is 4.79 Å². The number of aliphatic hydroxyl groups excluding tert-OH is 1. The SMILES string of the molecule is CCS(=O)C=NCCSCSCCNC(=O)OCSCSCO. The maximum Gasteiger partial charge on any atom is 0.407 e. The second-order valence-corrected chi connectivity index (χ2v) is 10.1. The van der Waals surface area contributed by atoms with Crippen LogP contribution in [0.1, 0.15) is 6.92 Å². The minimum absolute atomic E-state index is 0.0824. The lowest BCUT2D eigenvalue weighted by Crippen LogP contribution is -2.26. The summed E-state index contributed by atoms with van der Waals surface area (Å²) in [7, 11) is -0.920. The molecule has 1 unspecified atom stereocenters. The van der Waals surface area contributed by atoms with E-state index in [0.717, 1.165) is 16.6 Å². The molecule has 0 bridgehead atoms. The van der Waals surface area contributed by atoms with E-state index >= 15 is 0 Å². The summed E-state index contributed by atoms with van der Waals surface area (Å²) in [5.74, 6) is 2.73. The van der Waals surface area contributed by atoms with Crippen molar-refractivity contribution in [3.8, 4) is 0 Å². The number of hydrogen-bond acceptors (Lipinski definition) is 9. The fourth-order valence-corrected chi connectivity index (χ4v) is 4.55. The van der Waals surface area contributed by atoms with E-state index in [1.54, 1.807) is 23.5 Å². The highest BCUT2D eigenvalue weighted by Gasteiger charge is 2.00. The van der Waals surface area contributed by atoms with E-state index < -0.39 is 16.9 Å². The number of nitrogens with one attached hydrogen (secondary N) is 1. The van der Waals surface area contributed by atoms with Crippen molar-refractivity contribution in [1.82, 2.24) is 5.32 Å². The van der Waals surface area contributed by atoms with E-state index in [0.29, 0.717) is 29.9 Å². The number of ether oxygens (including phenoxy) is 1. The Morgan fingerprint density at radius 1 is 1.26 bits per heavy atom.